The van der Waals surface area contributed by atoms with Crippen molar-refractivity contribution in [3.63, 3.8) is 0 Å². The molecule has 0 aliphatic rings. The fourth-order valence-electron chi connectivity index (χ4n) is 2.92. The fraction of sp³-hybridized carbons (Fsp3) is 0.0476. The standard InChI is InChI=1S/C21H18N4/c1-3-7-17(8-4-1)21(25-16-22-15-23-25)18-11-13-20(14-12-18)24-19-9-5-2-6-10-19/h1-16,21,24H. The molecule has 4 heteroatoms. The lowest BCUT2D eigenvalue weighted by Gasteiger charge is -2.18. The second kappa shape index (κ2) is 7.01. The van der Waals surface area contributed by atoms with E-state index in [2.05, 4.69) is 63.9 Å². The van der Waals surface area contributed by atoms with Gasteiger partial charge < -0.3 is 5.32 Å². The van der Waals surface area contributed by atoms with Crippen LogP contribution in [0, 0.1) is 0 Å². The first kappa shape index (κ1) is 15.1. The quantitative estimate of drug-likeness (QED) is 0.580. The Labute approximate surface area is 146 Å². The number of nitrogens with one attached hydrogen (secondary N) is 1. The Bertz CT molecular complexity index is 901. The number of nitrogens with zero attached hydrogens (tertiary/aromatic N) is 3. The third-order valence-corrected chi connectivity index (χ3v) is 4.11. The van der Waals surface area contributed by atoms with Crippen molar-refractivity contribution >= 4 is 11.4 Å². The molecule has 4 rings (SSSR count). The Hall–Kier alpha value is -3.40. The first-order valence-corrected chi connectivity index (χ1v) is 8.21. The van der Waals surface area contributed by atoms with Crippen molar-refractivity contribution in [2.75, 3.05) is 5.32 Å². The smallest absolute Gasteiger partial charge is 0.137 e. The van der Waals surface area contributed by atoms with Gasteiger partial charge in [0.2, 0.25) is 0 Å². The summed E-state index contributed by atoms with van der Waals surface area (Å²) in [7, 11) is 0. The molecule has 0 radical (unpaired) electrons. The first-order valence-electron chi connectivity index (χ1n) is 8.21. The van der Waals surface area contributed by atoms with E-state index in [0.717, 1.165) is 16.9 Å². The summed E-state index contributed by atoms with van der Waals surface area (Å²) in [5.41, 5.74) is 4.47. The van der Waals surface area contributed by atoms with Crippen molar-refractivity contribution in [3.05, 3.63) is 109 Å². The fourth-order valence-corrected chi connectivity index (χ4v) is 2.92. The highest BCUT2D eigenvalue weighted by Gasteiger charge is 2.16. The molecule has 4 aromatic rings. The molecule has 1 N–H and O–H groups in total. The van der Waals surface area contributed by atoms with Gasteiger partial charge in [0.05, 0.1) is 0 Å². The Morgan fingerprint density at radius 3 is 1.92 bits per heavy atom. The molecule has 0 saturated carbocycles. The highest BCUT2D eigenvalue weighted by Crippen LogP contribution is 2.27. The zero-order chi connectivity index (χ0) is 16.9. The highest BCUT2D eigenvalue weighted by atomic mass is 15.3. The van der Waals surface area contributed by atoms with Gasteiger partial charge in [-0.3, -0.25) is 0 Å². The maximum absolute atomic E-state index is 4.35. The Morgan fingerprint density at radius 2 is 1.28 bits per heavy atom. The maximum Gasteiger partial charge on any atom is 0.137 e. The molecule has 0 saturated heterocycles. The minimum atomic E-state index is 0.00877. The number of aromatic nitrogens is 3. The number of benzene rings is 3. The Morgan fingerprint density at radius 1 is 0.680 bits per heavy atom. The van der Waals surface area contributed by atoms with E-state index in [4.69, 9.17) is 0 Å². The summed E-state index contributed by atoms with van der Waals surface area (Å²) in [6, 6.07) is 29.0. The van der Waals surface area contributed by atoms with Gasteiger partial charge >= 0.3 is 0 Å². The monoisotopic (exact) mass is 326 g/mol. The number of hydrogen-bond donors (Lipinski definition) is 1. The van der Waals surface area contributed by atoms with E-state index in [1.54, 1.807) is 12.7 Å². The molecular formula is C21H18N4. The van der Waals surface area contributed by atoms with Crippen molar-refractivity contribution in [1.82, 2.24) is 14.8 Å². The minimum absolute atomic E-state index is 0.00877. The van der Waals surface area contributed by atoms with Crippen LogP contribution >= 0.6 is 0 Å². The molecule has 0 spiro atoms. The van der Waals surface area contributed by atoms with E-state index in [-0.39, 0.29) is 6.04 Å². The van der Waals surface area contributed by atoms with Gasteiger partial charge in [-0.25, -0.2) is 9.67 Å². The van der Waals surface area contributed by atoms with Crippen molar-refractivity contribution in [3.8, 4) is 0 Å². The number of hydrogen-bond acceptors (Lipinski definition) is 3. The van der Waals surface area contributed by atoms with Gasteiger partial charge in [-0.1, -0.05) is 60.7 Å². The second-order valence-electron chi connectivity index (χ2n) is 5.80. The molecule has 0 aliphatic carbocycles. The molecule has 3 aromatic carbocycles. The predicted octanol–water partition coefficient (Wildman–Crippen LogP) is 4.66. The minimum Gasteiger partial charge on any atom is -0.356 e. The predicted molar refractivity (Wildman–Crippen MR) is 99.9 cm³/mol. The number of rotatable bonds is 5. The largest absolute Gasteiger partial charge is 0.356 e. The van der Waals surface area contributed by atoms with Crippen molar-refractivity contribution in [2.24, 2.45) is 0 Å². The van der Waals surface area contributed by atoms with Crippen LogP contribution in [0.15, 0.2) is 97.6 Å². The van der Waals surface area contributed by atoms with E-state index >= 15 is 0 Å². The van der Waals surface area contributed by atoms with Crippen molar-refractivity contribution in [2.45, 2.75) is 6.04 Å². The number of anilines is 2. The van der Waals surface area contributed by atoms with Gasteiger partial charge in [-0.2, -0.15) is 5.10 Å². The zero-order valence-electron chi connectivity index (χ0n) is 13.7. The van der Waals surface area contributed by atoms with Crippen LogP contribution in [0.4, 0.5) is 11.4 Å². The van der Waals surface area contributed by atoms with Crippen LogP contribution in [0.1, 0.15) is 17.2 Å². The SMILES string of the molecule is c1ccc(Nc2ccc(C(c3ccccc3)n3cncn3)cc2)cc1. The average Bonchev–Trinajstić information content (AvgIpc) is 3.19. The van der Waals surface area contributed by atoms with Gasteiger partial charge in [0.15, 0.2) is 0 Å². The molecular weight excluding hydrogens is 308 g/mol. The van der Waals surface area contributed by atoms with E-state index < -0.39 is 0 Å². The molecule has 0 amide bonds. The molecule has 1 heterocycles. The van der Waals surface area contributed by atoms with Gasteiger partial charge in [0, 0.05) is 11.4 Å². The molecule has 0 aliphatic heterocycles. The lowest BCUT2D eigenvalue weighted by Crippen LogP contribution is -2.12. The first-order chi connectivity index (χ1) is 12.4. The van der Waals surface area contributed by atoms with Crippen LogP contribution in [0.5, 0.6) is 0 Å². The Kier molecular flexibility index (Phi) is 4.25. The van der Waals surface area contributed by atoms with Crippen LogP contribution in [-0.4, -0.2) is 14.8 Å². The van der Waals surface area contributed by atoms with E-state index in [0.29, 0.717) is 0 Å². The van der Waals surface area contributed by atoms with E-state index in [9.17, 15) is 0 Å². The normalized spacial score (nSPS) is 11.8. The van der Waals surface area contributed by atoms with Crippen LogP contribution in [0.2, 0.25) is 0 Å². The molecule has 0 fully saturated rings. The maximum atomic E-state index is 4.35. The van der Waals surface area contributed by atoms with Crippen LogP contribution < -0.4 is 5.32 Å². The topological polar surface area (TPSA) is 42.7 Å². The summed E-state index contributed by atoms with van der Waals surface area (Å²) in [6.45, 7) is 0. The van der Waals surface area contributed by atoms with Crippen LogP contribution in [0.25, 0.3) is 0 Å². The van der Waals surface area contributed by atoms with E-state index in [1.807, 2.05) is 41.1 Å². The molecule has 1 unspecified atom stereocenters. The van der Waals surface area contributed by atoms with Gasteiger partial charge in [0.25, 0.3) is 0 Å². The van der Waals surface area contributed by atoms with Crippen molar-refractivity contribution < 1.29 is 0 Å². The summed E-state index contributed by atoms with van der Waals surface area (Å²) in [5.74, 6) is 0. The summed E-state index contributed by atoms with van der Waals surface area (Å²) >= 11 is 0. The summed E-state index contributed by atoms with van der Waals surface area (Å²) in [5, 5.41) is 7.76. The third-order valence-electron chi connectivity index (χ3n) is 4.11. The van der Waals surface area contributed by atoms with E-state index in [1.165, 1.54) is 5.56 Å². The lowest BCUT2D eigenvalue weighted by molar-refractivity contribution is 0.594. The third kappa shape index (κ3) is 3.43. The molecule has 4 nitrogen and oxygen atoms in total. The summed E-state index contributed by atoms with van der Waals surface area (Å²) in [6.07, 6.45) is 3.33. The Balaban J connectivity index is 1.64. The highest BCUT2D eigenvalue weighted by molar-refractivity contribution is 5.59. The molecule has 1 atom stereocenters. The summed E-state index contributed by atoms with van der Waals surface area (Å²) < 4.78 is 1.88. The van der Waals surface area contributed by atoms with Gasteiger partial charge in [-0.15, -0.1) is 0 Å². The van der Waals surface area contributed by atoms with Crippen LogP contribution in [0.3, 0.4) is 0 Å². The molecule has 0 bridgehead atoms. The number of para-hydroxylation sites is 1. The lowest BCUT2D eigenvalue weighted by atomic mass is 9.98. The molecule has 25 heavy (non-hydrogen) atoms. The average molecular weight is 326 g/mol. The van der Waals surface area contributed by atoms with Gasteiger partial charge in [0.1, 0.15) is 18.7 Å². The summed E-state index contributed by atoms with van der Waals surface area (Å²) in [4.78, 5) is 4.11. The molecule has 1 aromatic heterocycles. The van der Waals surface area contributed by atoms with Crippen molar-refractivity contribution in [1.29, 1.82) is 0 Å². The zero-order valence-corrected chi connectivity index (χ0v) is 13.7. The second-order valence-corrected chi connectivity index (χ2v) is 5.80. The molecule has 122 valence electrons. The van der Waals surface area contributed by atoms with Crippen LogP contribution in [-0.2, 0) is 0 Å². The van der Waals surface area contributed by atoms with Gasteiger partial charge in [-0.05, 0) is 35.4 Å².